The van der Waals surface area contributed by atoms with E-state index >= 15 is 0 Å². The molecule has 19 heteroatoms. The summed E-state index contributed by atoms with van der Waals surface area (Å²) in [7, 11) is -15.2. The van der Waals surface area contributed by atoms with Crippen LogP contribution in [0.25, 0.3) is 5.43 Å². The quantitative estimate of drug-likeness (QED) is 0.0620. The first-order valence-corrected chi connectivity index (χ1v) is 14.2. The van der Waals surface area contributed by atoms with E-state index in [1.807, 2.05) is 0 Å². The molecule has 15 nitrogen and oxygen atoms in total. The zero-order chi connectivity index (χ0) is 28.5. The van der Waals surface area contributed by atoms with Gasteiger partial charge in [-0.1, -0.05) is 30.0 Å². The van der Waals surface area contributed by atoms with Gasteiger partial charge in [0.25, 0.3) is 30.4 Å². The minimum Gasteiger partial charge on any atom is -0.571 e. The van der Waals surface area contributed by atoms with Gasteiger partial charge in [0.05, 0.1) is 4.90 Å². The summed E-state index contributed by atoms with van der Waals surface area (Å²) < 4.78 is 98.4. The van der Waals surface area contributed by atoms with Crippen molar-refractivity contribution < 1.29 is 66.2 Å². The van der Waals surface area contributed by atoms with Crippen LogP contribution in [0, 0.1) is 6.92 Å². The molecular weight excluding hydrogens is 632 g/mol. The van der Waals surface area contributed by atoms with Crippen molar-refractivity contribution in [1.29, 1.82) is 0 Å². The van der Waals surface area contributed by atoms with Crippen molar-refractivity contribution in [2.45, 2.75) is 21.6 Å². The van der Waals surface area contributed by atoms with E-state index < -0.39 is 67.9 Å². The monoisotopic (exact) mass is 648 g/mol. The number of hydrogen-bond acceptors (Lipinski definition) is 10. The van der Waals surface area contributed by atoms with Crippen LogP contribution in [0.3, 0.4) is 0 Å². The first-order chi connectivity index (χ1) is 17.5. The fraction of sp³-hybridized carbons (Fsp3) is 0.0500. The average Bonchev–Trinajstić information content (AvgIpc) is 2.79. The maximum Gasteiger partial charge on any atom is 1.00 e. The Bertz CT molecular complexity index is 1810. The molecule has 0 aromatic heterocycles. The molecule has 0 aliphatic rings. The van der Waals surface area contributed by atoms with Crippen molar-refractivity contribution in [3.63, 3.8) is 0 Å². The fourth-order valence-corrected chi connectivity index (χ4v) is 4.83. The van der Waals surface area contributed by atoms with Crippen molar-refractivity contribution in [3.05, 3.63) is 71.1 Å². The van der Waals surface area contributed by atoms with Crippen LogP contribution in [0.4, 0.5) is 11.4 Å². The zero-order valence-corrected chi connectivity index (χ0v) is 22.6. The predicted molar refractivity (Wildman–Crippen MR) is 131 cm³/mol. The summed E-state index contributed by atoms with van der Waals surface area (Å²) in [6.45, 7) is 1.68. The summed E-state index contributed by atoms with van der Waals surface area (Å²) in [5.41, 5.74) is 3.03. The number of aromatic hydroxyl groups is 2. The number of benzene rings is 3. The molecule has 0 saturated heterocycles. The second-order valence-electron chi connectivity index (χ2n) is 7.43. The van der Waals surface area contributed by atoms with E-state index in [4.69, 9.17) is 0 Å². The maximum absolute atomic E-state index is 11.9. The van der Waals surface area contributed by atoms with Crippen molar-refractivity contribution in [2.75, 3.05) is 0 Å². The van der Waals surface area contributed by atoms with Gasteiger partial charge in [-0.15, -0.1) is 10.2 Å². The van der Waals surface area contributed by atoms with Gasteiger partial charge in [-0.3, -0.25) is 13.7 Å². The van der Waals surface area contributed by atoms with Gasteiger partial charge in [0.1, 0.15) is 21.2 Å². The number of nitrogens with zero attached hydrogens (tertiary/aromatic N) is 4. The number of rotatable bonds is 7. The van der Waals surface area contributed by atoms with Crippen molar-refractivity contribution in [2.24, 2.45) is 15.3 Å². The van der Waals surface area contributed by atoms with Crippen LogP contribution >= 0.6 is 0 Å². The maximum atomic E-state index is 11.9. The van der Waals surface area contributed by atoms with Gasteiger partial charge in [0.15, 0.2) is 11.6 Å². The Balaban J connectivity index is 0.00000533. The first kappa shape index (κ1) is 31.8. The van der Waals surface area contributed by atoms with Crippen LogP contribution in [0.2, 0.25) is 0 Å². The van der Waals surface area contributed by atoms with Crippen molar-refractivity contribution in [3.8, 4) is 11.5 Å². The molecule has 5 N–H and O–H groups in total. The first-order valence-electron chi connectivity index (χ1n) is 9.87. The molecule has 212 valence electrons. The number of hydrogen-bond donors (Lipinski definition) is 5. The Morgan fingerprint density at radius 3 is 1.97 bits per heavy atom. The largest absolute Gasteiger partial charge is 1.00 e. The molecule has 3 aromatic carbocycles. The van der Waals surface area contributed by atoms with Gasteiger partial charge < -0.3 is 20.7 Å². The number of azo groups is 1. The molecule has 3 aromatic rings. The molecular formula is C20H17CuN4O11S3. The molecule has 39 heavy (non-hydrogen) atoms. The molecule has 3 rings (SSSR count). The van der Waals surface area contributed by atoms with E-state index in [2.05, 4.69) is 20.8 Å². The third kappa shape index (κ3) is 7.80. The summed E-state index contributed by atoms with van der Waals surface area (Å²) in [6.07, 6.45) is 0. The standard InChI is InChI=1S/C20H17N4O11S3.Cu/c1-11-6-7-14(16(25)8-11)21-23-20(13-4-2-3-5-17(13)37(30,31)32)24-22-15-9-12(36(27,28)29)10-18(19(15)26)38(33,34)35;/h2-10H,1H3,(H5-,21,22,23,24,25,26,27,28,29,30,31,32,33,34,35);/q-1;+1. The van der Waals surface area contributed by atoms with E-state index in [1.54, 1.807) is 13.0 Å². The normalized spacial score (nSPS) is 12.8. The molecule has 0 saturated carbocycles. The summed E-state index contributed by atoms with van der Waals surface area (Å²) >= 11 is 0. The third-order valence-corrected chi connectivity index (χ3v) is 7.26. The Morgan fingerprint density at radius 2 is 1.41 bits per heavy atom. The topological polar surface area (TPSA) is 255 Å². The average molecular weight is 649 g/mol. The summed E-state index contributed by atoms with van der Waals surface area (Å²) in [4.78, 5) is -3.15. The number of phenols is 2. The second kappa shape index (κ2) is 11.8. The number of phenolic OH excluding ortho intramolecular Hbond substituents is 2. The molecule has 0 spiro atoms. The van der Waals surface area contributed by atoms with Gasteiger partial charge in [-0.05, 0) is 42.8 Å². The number of amidine groups is 1. The smallest absolute Gasteiger partial charge is 0.571 e. The number of aryl methyl sites for hydroxylation is 1. The molecule has 0 bridgehead atoms. The predicted octanol–water partition coefficient (Wildman–Crippen LogP) is 3.29. The van der Waals surface area contributed by atoms with Crippen LogP contribution in [0.1, 0.15) is 11.1 Å². The summed E-state index contributed by atoms with van der Waals surface area (Å²) in [6, 6.07) is 9.71. The molecule has 0 heterocycles. The van der Waals surface area contributed by atoms with Gasteiger partial charge >= 0.3 is 17.1 Å². The Hall–Kier alpha value is -3.42. The zero-order valence-electron chi connectivity index (χ0n) is 19.2. The van der Waals surface area contributed by atoms with Crippen LogP contribution in [-0.2, 0) is 47.4 Å². The van der Waals surface area contributed by atoms with Crippen LogP contribution < -0.4 is 0 Å². The van der Waals surface area contributed by atoms with E-state index in [9.17, 15) is 49.1 Å². The Morgan fingerprint density at radius 1 is 0.795 bits per heavy atom. The van der Waals surface area contributed by atoms with Crippen molar-refractivity contribution in [1.82, 2.24) is 0 Å². The van der Waals surface area contributed by atoms with E-state index in [0.29, 0.717) is 11.6 Å². The van der Waals surface area contributed by atoms with Gasteiger partial charge in [0.2, 0.25) is 0 Å². The van der Waals surface area contributed by atoms with Gasteiger partial charge in [0, 0.05) is 5.56 Å². The van der Waals surface area contributed by atoms with E-state index in [1.165, 1.54) is 24.3 Å². The molecule has 0 amide bonds. The molecule has 0 aliphatic heterocycles. The van der Waals surface area contributed by atoms with Crippen LogP contribution in [0.15, 0.2) is 84.6 Å². The molecule has 0 atom stereocenters. The third-order valence-electron chi connectivity index (χ3n) is 4.65. The van der Waals surface area contributed by atoms with E-state index in [0.717, 1.165) is 12.1 Å². The molecule has 0 unspecified atom stereocenters. The summed E-state index contributed by atoms with van der Waals surface area (Å²) in [5.74, 6) is -2.27. The van der Waals surface area contributed by atoms with Crippen LogP contribution in [0.5, 0.6) is 11.5 Å². The second-order valence-corrected chi connectivity index (χ2v) is 11.6. The summed E-state index contributed by atoms with van der Waals surface area (Å²) in [5, 5.41) is 31.2. The minimum atomic E-state index is -5.23. The van der Waals surface area contributed by atoms with Crippen molar-refractivity contribution >= 4 is 47.6 Å². The minimum absolute atomic E-state index is 0. The Kier molecular flexibility index (Phi) is 9.59. The van der Waals surface area contributed by atoms with Gasteiger partial charge in [-0.25, -0.2) is 0 Å². The molecule has 0 fully saturated rings. The van der Waals surface area contributed by atoms with Gasteiger partial charge in [-0.2, -0.15) is 25.3 Å². The molecule has 0 aliphatic carbocycles. The molecule has 0 radical (unpaired) electrons. The van der Waals surface area contributed by atoms with Crippen LogP contribution in [-0.4, -0.2) is 55.0 Å². The van der Waals surface area contributed by atoms with E-state index in [-0.39, 0.29) is 34.6 Å². The fourth-order valence-electron chi connectivity index (χ4n) is 2.91. The SMILES string of the molecule is Cc1ccc([N-]/N=C(\N=Nc2cc(S(=O)(=O)O)cc(S(=O)(=O)O)c2O)c2ccccc2S(=O)(=O)O)c(O)c1.[Cu+]. The Labute approximate surface area is 232 Å².